The number of fused-ring (bicyclic) bond motifs is 1. The van der Waals surface area contributed by atoms with Crippen molar-refractivity contribution in [1.29, 1.82) is 0 Å². The van der Waals surface area contributed by atoms with Crippen molar-refractivity contribution in [2.75, 3.05) is 0 Å². The van der Waals surface area contributed by atoms with Gasteiger partial charge in [0.15, 0.2) is 0 Å². The van der Waals surface area contributed by atoms with Crippen molar-refractivity contribution in [3.8, 4) is 0 Å². The van der Waals surface area contributed by atoms with Gasteiger partial charge in [0.1, 0.15) is 0 Å². The molecule has 0 unspecified atom stereocenters. The van der Waals surface area contributed by atoms with Crippen molar-refractivity contribution in [1.82, 2.24) is 10.2 Å². The Kier molecular flexibility index (Phi) is 2.45. The van der Waals surface area contributed by atoms with E-state index in [0.717, 1.165) is 23.2 Å². The molecule has 17 heavy (non-hydrogen) atoms. The smallest absolute Gasteiger partial charge is 0.278 e. The Bertz CT molecular complexity index is 547. The Morgan fingerprint density at radius 2 is 1.76 bits per heavy atom. The van der Waals surface area contributed by atoms with Gasteiger partial charge >= 0.3 is 6.18 Å². The molecule has 1 aromatic carbocycles. The highest BCUT2D eigenvalue weighted by molar-refractivity contribution is 5.83. The molecule has 0 fully saturated rings. The molecular weight excluding hydrogens is 229 g/mol. The first-order chi connectivity index (χ1) is 7.69. The summed E-state index contributed by atoms with van der Waals surface area (Å²) in [5, 5.41) is 7.50. The Labute approximate surface area is 96.8 Å². The van der Waals surface area contributed by atoms with E-state index in [9.17, 15) is 13.2 Å². The number of rotatable bonds is 0. The monoisotopic (exact) mass is 242 g/mol. The Morgan fingerprint density at radius 1 is 1.12 bits per heavy atom. The molecule has 0 bridgehead atoms. The van der Waals surface area contributed by atoms with Crippen LogP contribution in [0.2, 0.25) is 0 Å². The van der Waals surface area contributed by atoms with Crippen LogP contribution in [0, 0.1) is 0 Å². The van der Waals surface area contributed by atoms with Gasteiger partial charge in [0, 0.05) is 10.8 Å². The minimum Gasteiger partial charge on any atom is -0.278 e. The van der Waals surface area contributed by atoms with Crippen molar-refractivity contribution in [3.05, 3.63) is 29.5 Å². The van der Waals surface area contributed by atoms with E-state index in [-0.39, 0.29) is 5.41 Å². The van der Waals surface area contributed by atoms with Gasteiger partial charge in [0.05, 0.1) is 16.8 Å². The van der Waals surface area contributed by atoms with Gasteiger partial charge in [0.2, 0.25) is 0 Å². The van der Waals surface area contributed by atoms with E-state index in [4.69, 9.17) is 0 Å². The highest BCUT2D eigenvalue weighted by Crippen LogP contribution is 2.33. The average molecular weight is 242 g/mol. The maximum absolute atomic E-state index is 12.5. The van der Waals surface area contributed by atoms with Crippen molar-refractivity contribution in [2.24, 2.45) is 0 Å². The van der Waals surface area contributed by atoms with Gasteiger partial charge in [-0.05, 0) is 12.1 Å². The van der Waals surface area contributed by atoms with Gasteiger partial charge in [-0.3, -0.25) is 5.10 Å². The molecule has 2 nitrogen and oxygen atoms in total. The van der Waals surface area contributed by atoms with E-state index in [1.807, 2.05) is 20.8 Å². The molecule has 2 rings (SSSR count). The van der Waals surface area contributed by atoms with E-state index < -0.39 is 11.7 Å². The van der Waals surface area contributed by atoms with Crippen LogP contribution >= 0.6 is 0 Å². The minimum absolute atomic E-state index is 0.196. The maximum atomic E-state index is 12.5. The van der Waals surface area contributed by atoms with Gasteiger partial charge in [-0.15, -0.1) is 0 Å². The third kappa shape index (κ3) is 2.14. The molecule has 1 aromatic heterocycles. The van der Waals surface area contributed by atoms with Crippen molar-refractivity contribution >= 4 is 10.9 Å². The molecule has 1 heterocycles. The second-order valence-corrected chi connectivity index (χ2v) is 5.08. The van der Waals surface area contributed by atoms with E-state index in [0.29, 0.717) is 5.52 Å². The molecule has 0 aliphatic heterocycles. The van der Waals surface area contributed by atoms with Crippen molar-refractivity contribution < 1.29 is 13.2 Å². The molecule has 0 aliphatic rings. The second kappa shape index (κ2) is 3.48. The van der Waals surface area contributed by atoms with E-state index in [2.05, 4.69) is 10.2 Å². The van der Waals surface area contributed by atoms with E-state index in [1.165, 1.54) is 6.07 Å². The van der Waals surface area contributed by atoms with Crippen molar-refractivity contribution in [2.45, 2.75) is 32.4 Å². The predicted octanol–water partition coefficient (Wildman–Crippen LogP) is 3.88. The van der Waals surface area contributed by atoms with Gasteiger partial charge in [0.25, 0.3) is 0 Å². The number of H-pyrrole nitrogens is 1. The standard InChI is InChI=1S/C12H13F3N2/c1-11(2,3)10-8-5-4-7(12(13,14)15)6-9(8)16-17-10/h4-6H,1-3H3,(H,16,17). The zero-order valence-electron chi connectivity index (χ0n) is 9.81. The van der Waals surface area contributed by atoms with Crippen LogP contribution in [-0.2, 0) is 11.6 Å². The number of halogens is 3. The molecule has 0 atom stereocenters. The lowest BCUT2D eigenvalue weighted by Crippen LogP contribution is -2.12. The average Bonchev–Trinajstić information content (AvgIpc) is 2.57. The summed E-state index contributed by atoms with van der Waals surface area (Å²) in [7, 11) is 0. The molecular formula is C12H13F3N2. The zero-order chi connectivity index (χ0) is 12.8. The second-order valence-electron chi connectivity index (χ2n) is 5.08. The molecule has 0 saturated carbocycles. The summed E-state index contributed by atoms with van der Waals surface area (Å²) >= 11 is 0. The molecule has 5 heteroatoms. The van der Waals surface area contributed by atoms with Crippen LogP contribution in [0.15, 0.2) is 18.2 Å². The molecule has 0 spiro atoms. The van der Waals surface area contributed by atoms with Crippen LogP contribution in [-0.4, -0.2) is 10.2 Å². The number of aromatic nitrogens is 2. The molecule has 0 aliphatic carbocycles. The summed E-state index contributed by atoms with van der Waals surface area (Å²) in [5.74, 6) is 0. The number of hydrogen-bond acceptors (Lipinski definition) is 1. The summed E-state index contributed by atoms with van der Waals surface area (Å²) in [6, 6.07) is 3.66. The number of hydrogen-bond donors (Lipinski definition) is 1. The third-order valence-corrected chi connectivity index (χ3v) is 2.60. The normalized spacial score (nSPS) is 13.3. The Morgan fingerprint density at radius 3 is 2.29 bits per heavy atom. The number of benzene rings is 1. The minimum atomic E-state index is -4.32. The van der Waals surface area contributed by atoms with Crippen LogP contribution in [0.1, 0.15) is 32.0 Å². The quantitative estimate of drug-likeness (QED) is 0.746. The van der Waals surface area contributed by atoms with Crippen LogP contribution in [0.3, 0.4) is 0 Å². The highest BCUT2D eigenvalue weighted by atomic mass is 19.4. The molecule has 2 aromatic rings. The molecule has 1 N–H and O–H groups in total. The zero-order valence-corrected chi connectivity index (χ0v) is 9.81. The van der Waals surface area contributed by atoms with Gasteiger partial charge < -0.3 is 0 Å². The molecule has 0 radical (unpaired) electrons. The summed E-state index contributed by atoms with van der Waals surface area (Å²) in [6.45, 7) is 5.92. The first-order valence-corrected chi connectivity index (χ1v) is 5.25. The van der Waals surface area contributed by atoms with Crippen LogP contribution < -0.4 is 0 Å². The van der Waals surface area contributed by atoms with E-state index in [1.54, 1.807) is 0 Å². The lowest BCUT2D eigenvalue weighted by Gasteiger charge is -2.15. The highest BCUT2D eigenvalue weighted by Gasteiger charge is 2.31. The first-order valence-electron chi connectivity index (χ1n) is 5.25. The number of aromatic amines is 1. The molecule has 0 saturated heterocycles. The van der Waals surface area contributed by atoms with Crippen molar-refractivity contribution in [3.63, 3.8) is 0 Å². The third-order valence-electron chi connectivity index (χ3n) is 2.60. The van der Waals surface area contributed by atoms with Crippen LogP contribution in [0.5, 0.6) is 0 Å². The van der Waals surface area contributed by atoms with E-state index >= 15 is 0 Å². The Hall–Kier alpha value is -1.52. The summed E-state index contributed by atoms with van der Waals surface area (Å²) < 4.78 is 37.6. The maximum Gasteiger partial charge on any atom is 0.416 e. The Balaban J connectivity index is 2.61. The summed E-state index contributed by atoms with van der Waals surface area (Å²) in [5.41, 5.74) is 0.345. The fraction of sp³-hybridized carbons (Fsp3) is 0.417. The first kappa shape index (κ1) is 12.0. The largest absolute Gasteiger partial charge is 0.416 e. The lowest BCUT2D eigenvalue weighted by molar-refractivity contribution is -0.137. The number of alkyl halides is 3. The van der Waals surface area contributed by atoms with Crippen LogP contribution in [0.4, 0.5) is 13.2 Å². The van der Waals surface area contributed by atoms with Crippen LogP contribution in [0.25, 0.3) is 10.9 Å². The fourth-order valence-electron chi connectivity index (χ4n) is 1.77. The molecule has 92 valence electrons. The topological polar surface area (TPSA) is 28.7 Å². The fourth-order valence-corrected chi connectivity index (χ4v) is 1.77. The lowest BCUT2D eigenvalue weighted by atomic mass is 9.90. The summed E-state index contributed by atoms with van der Waals surface area (Å²) in [4.78, 5) is 0. The van der Waals surface area contributed by atoms with Gasteiger partial charge in [-0.2, -0.15) is 18.3 Å². The predicted molar refractivity (Wildman–Crippen MR) is 59.8 cm³/mol. The number of nitrogens with zero attached hydrogens (tertiary/aromatic N) is 1. The molecule has 0 amide bonds. The summed E-state index contributed by atoms with van der Waals surface area (Å²) in [6.07, 6.45) is -4.32. The van der Waals surface area contributed by atoms with Gasteiger partial charge in [-0.1, -0.05) is 26.8 Å². The SMILES string of the molecule is CC(C)(C)c1n[nH]c2cc(C(F)(F)F)ccc12. The number of nitrogens with one attached hydrogen (secondary N) is 1. The van der Waals surface area contributed by atoms with Gasteiger partial charge in [-0.25, -0.2) is 0 Å².